The average Bonchev–Trinajstić information content (AvgIpc) is 3.37. The Kier molecular flexibility index (Phi) is 4.28. The number of benzene rings is 1. The van der Waals surface area contributed by atoms with Crippen molar-refractivity contribution < 1.29 is 14.3 Å². The van der Waals surface area contributed by atoms with Crippen molar-refractivity contribution in [2.45, 2.75) is 44.1 Å². The highest BCUT2D eigenvalue weighted by Crippen LogP contribution is 2.60. The van der Waals surface area contributed by atoms with Crippen molar-refractivity contribution in [2.75, 3.05) is 26.3 Å². The number of ether oxygens (including phenoxy) is 1. The van der Waals surface area contributed by atoms with Gasteiger partial charge < -0.3 is 15.0 Å². The van der Waals surface area contributed by atoms with Crippen molar-refractivity contribution >= 4 is 11.8 Å². The third-order valence-corrected chi connectivity index (χ3v) is 6.07. The first kappa shape index (κ1) is 16.6. The van der Waals surface area contributed by atoms with Crippen LogP contribution in [0.15, 0.2) is 24.3 Å². The summed E-state index contributed by atoms with van der Waals surface area (Å²) < 4.78 is 5.29. The van der Waals surface area contributed by atoms with Crippen LogP contribution < -0.4 is 5.32 Å². The van der Waals surface area contributed by atoms with Gasteiger partial charge in [-0.1, -0.05) is 24.3 Å². The molecule has 1 spiro atoms. The van der Waals surface area contributed by atoms with Gasteiger partial charge in [0.1, 0.15) is 6.04 Å². The Morgan fingerprint density at radius 3 is 2.84 bits per heavy atom. The van der Waals surface area contributed by atoms with Gasteiger partial charge in [0.15, 0.2) is 0 Å². The summed E-state index contributed by atoms with van der Waals surface area (Å²) in [6.07, 6.45) is 4.24. The predicted molar refractivity (Wildman–Crippen MR) is 94.2 cm³/mol. The predicted octanol–water partition coefficient (Wildman–Crippen LogP) is 1.64. The number of carbonyl (C=O) groups excluding carboxylic acids is 2. The quantitative estimate of drug-likeness (QED) is 0.909. The molecule has 1 saturated heterocycles. The lowest BCUT2D eigenvalue weighted by atomic mass is 9.78. The van der Waals surface area contributed by atoms with Gasteiger partial charge in [-0.15, -0.1) is 0 Å². The zero-order valence-corrected chi connectivity index (χ0v) is 14.8. The zero-order valence-electron chi connectivity index (χ0n) is 14.8. The summed E-state index contributed by atoms with van der Waals surface area (Å²) in [4.78, 5) is 27.1. The van der Waals surface area contributed by atoms with E-state index in [9.17, 15) is 9.59 Å². The molecule has 1 aromatic rings. The number of nitrogens with one attached hydrogen (secondary N) is 1. The minimum absolute atomic E-state index is 0.00426. The van der Waals surface area contributed by atoms with E-state index in [1.807, 2.05) is 0 Å². The number of hydrogen-bond donors (Lipinski definition) is 1. The van der Waals surface area contributed by atoms with Crippen LogP contribution in [0.1, 0.15) is 37.3 Å². The summed E-state index contributed by atoms with van der Waals surface area (Å²) in [7, 11) is 0. The summed E-state index contributed by atoms with van der Waals surface area (Å²) in [5.74, 6) is 0.0371. The van der Waals surface area contributed by atoms with Crippen molar-refractivity contribution in [3.8, 4) is 0 Å². The highest BCUT2D eigenvalue weighted by atomic mass is 16.5. The van der Waals surface area contributed by atoms with Crippen LogP contribution in [0.5, 0.6) is 0 Å². The molecular weight excluding hydrogens is 316 g/mol. The van der Waals surface area contributed by atoms with Crippen molar-refractivity contribution in [3.05, 3.63) is 35.4 Å². The highest BCUT2D eigenvalue weighted by molar-refractivity contribution is 5.90. The maximum Gasteiger partial charge on any atom is 0.245 e. The van der Waals surface area contributed by atoms with Crippen LogP contribution in [0.2, 0.25) is 0 Å². The van der Waals surface area contributed by atoms with E-state index in [0.717, 1.165) is 25.7 Å². The minimum Gasteiger partial charge on any atom is -0.378 e. The van der Waals surface area contributed by atoms with Crippen LogP contribution in [0, 0.1) is 5.92 Å². The van der Waals surface area contributed by atoms with E-state index in [1.54, 1.807) is 11.8 Å². The van der Waals surface area contributed by atoms with Crippen LogP contribution in [-0.2, 0) is 26.2 Å². The number of carbonyl (C=O) groups is 2. The molecule has 1 aliphatic heterocycles. The largest absolute Gasteiger partial charge is 0.378 e. The fraction of sp³-hybridized carbons (Fsp3) is 0.600. The van der Waals surface area contributed by atoms with Crippen LogP contribution in [0.4, 0.5) is 0 Å². The molecule has 4 rings (SSSR count). The SMILES string of the molecule is CC(NC(=O)C1CC12CCCc1ccccc12)C(=O)N1CCOCC1. The molecule has 1 N–H and O–H groups in total. The molecule has 25 heavy (non-hydrogen) atoms. The van der Waals surface area contributed by atoms with Crippen molar-refractivity contribution in [1.82, 2.24) is 10.2 Å². The number of aryl methyl sites for hydroxylation is 1. The Labute approximate surface area is 148 Å². The number of amides is 2. The lowest BCUT2D eigenvalue weighted by Gasteiger charge is -2.30. The summed E-state index contributed by atoms with van der Waals surface area (Å²) in [6, 6.07) is 8.06. The number of fused-ring (bicyclic) bond motifs is 2. The second kappa shape index (κ2) is 6.45. The first-order chi connectivity index (χ1) is 12.1. The van der Waals surface area contributed by atoms with Gasteiger partial charge in [0, 0.05) is 24.4 Å². The van der Waals surface area contributed by atoms with Gasteiger partial charge in [-0.3, -0.25) is 9.59 Å². The Morgan fingerprint density at radius 1 is 1.28 bits per heavy atom. The lowest BCUT2D eigenvalue weighted by molar-refractivity contribution is -0.139. The number of nitrogens with zero attached hydrogens (tertiary/aromatic N) is 1. The molecule has 5 nitrogen and oxygen atoms in total. The molecule has 2 amide bonds. The third kappa shape index (κ3) is 2.95. The van der Waals surface area contributed by atoms with Crippen LogP contribution in [0.25, 0.3) is 0 Å². The Hall–Kier alpha value is -1.88. The fourth-order valence-corrected chi connectivity index (χ4v) is 4.61. The average molecular weight is 342 g/mol. The molecule has 1 saturated carbocycles. The molecule has 134 valence electrons. The van der Waals surface area contributed by atoms with E-state index in [2.05, 4.69) is 29.6 Å². The monoisotopic (exact) mass is 342 g/mol. The van der Waals surface area contributed by atoms with E-state index in [4.69, 9.17) is 4.74 Å². The Bertz CT molecular complexity index is 683. The lowest BCUT2D eigenvalue weighted by Crippen LogP contribution is -2.51. The number of morpholine rings is 1. The van der Waals surface area contributed by atoms with Gasteiger partial charge >= 0.3 is 0 Å². The van der Waals surface area contributed by atoms with E-state index in [1.165, 1.54) is 11.1 Å². The smallest absolute Gasteiger partial charge is 0.245 e. The molecule has 5 heteroatoms. The number of rotatable bonds is 3. The molecule has 2 aliphatic carbocycles. The molecule has 0 radical (unpaired) electrons. The first-order valence-electron chi connectivity index (χ1n) is 9.37. The maximum atomic E-state index is 12.8. The molecule has 3 unspecified atom stereocenters. The first-order valence-corrected chi connectivity index (χ1v) is 9.37. The van der Waals surface area contributed by atoms with E-state index >= 15 is 0 Å². The van der Waals surface area contributed by atoms with E-state index in [0.29, 0.717) is 26.3 Å². The van der Waals surface area contributed by atoms with Crippen LogP contribution in [0.3, 0.4) is 0 Å². The topological polar surface area (TPSA) is 58.6 Å². The summed E-state index contributed by atoms with van der Waals surface area (Å²) >= 11 is 0. The van der Waals surface area contributed by atoms with E-state index in [-0.39, 0.29) is 23.1 Å². The van der Waals surface area contributed by atoms with Gasteiger partial charge in [-0.25, -0.2) is 0 Å². The zero-order chi connectivity index (χ0) is 17.4. The van der Waals surface area contributed by atoms with Gasteiger partial charge in [-0.2, -0.15) is 0 Å². The maximum absolute atomic E-state index is 12.8. The molecule has 3 aliphatic rings. The standard InChI is InChI=1S/C20H26N2O3/c1-14(19(24)22-9-11-25-12-10-22)21-18(23)17-13-20(17)8-4-6-15-5-2-3-7-16(15)20/h2-3,5,7,14,17H,4,6,8-13H2,1H3,(H,21,23). The van der Waals surface area contributed by atoms with Gasteiger partial charge in [0.05, 0.1) is 13.2 Å². The Balaban J connectivity index is 1.41. The molecule has 2 fully saturated rings. The Morgan fingerprint density at radius 2 is 2.04 bits per heavy atom. The fourth-order valence-electron chi connectivity index (χ4n) is 4.61. The third-order valence-electron chi connectivity index (χ3n) is 6.07. The number of hydrogen-bond acceptors (Lipinski definition) is 3. The molecule has 0 bridgehead atoms. The molecule has 1 aromatic carbocycles. The normalized spacial score (nSPS) is 29.0. The molecule has 1 heterocycles. The highest BCUT2D eigenvalue weighted by Gasteiger charge is 2.60. The molecular formula is C20H26N2O3. The van der Waals surface area contributed by atoms with Gasteiger partial charge in [-0.05, 0) is 43.7 Å². The molecule has 3 atom stereocenters. The second-order valence-corrected chi connectivity index (χ2v) is 7.59. The van der Waals surface area contributed by atoms with Crippen molar-refractivity contribution in [2.24, 2.45) is 5.92 Å². The van der Waals surface area contributed by atoms with Crippen LogP contribution >= 0.6 is 0 Å². The van der Waals surface area contributed by atoms with E-state index < -0.39 is 6.04 Å². The van der Waals surface area contributed by atoms with Crippen molar-refractivity contribution in [3.63, 3.8) is 0 Å². The van der Waals surface area contributed by atoms with Gasteiger partial charge in [0.25, 0.3) is 0 Å². The minimum atomic E-state index is -0.470. The summed E-state index contributed by atoms with van der Waals surface area (Å²) in [6.45, 7) is 4.17. The second-order valence-electron chi connectivity index (χ2n) is 7.59. The summed E-state index contributed by atoms with van der Waals surface area (Å²) in [5.41, 5.74) is 2.76. The van der Waals surface area contributed by atoms with Crippen LogP contribution in [-0.4, -0.2) is 49.1 Å². The molecule has 0 aromatic heterocycles. The van der Waals surface area contributed by atoms with Crippen molar-refractivity contribution in [1.29, 1.82) is 0 Å². The van der Waals surface area contributed by atoms with Gasteiger partial charge in [0.2, 0.25) is 11.8 Å². The summed E-state index contributed by atoms with van der Waals surface area (Å²) in [5, 5.41) is 2.97.